The minimum atomic E-state index is -0.352. The quantitative estimate of drug-likeness (QED) is 0.319. The second-order valence-electron chi connectivity index (χ2n) is 7.08. The van der Waals surface area contributed by atoms with Crippen LogP contribution in [0, 0.1) is 0 Å². The zero-order valence-electron chi connectivity index (χ0n) is 17.6. The molecule has 0 fully saturated rings. The van der Waals surface area contributed by atoms with E-state index in [1.54, 1.807) is 12.3 Å². The fraction of sp³-hybridized carbons (Fsp3) is 0.261. The predicted octanol–water partition coefficient (Wildman–Crippen LogP) is 4.09. The molecule has 2 aromatic carbocycles. The van der Waals surface area contributed by atoms with Crippen LogP contribution in [0.25, 0.3) is 11.3 Å². The molecule has 0 unspecified atom stereocenters. The average molecular weight is 406 g/mol. The molecule has 2 N–H and O–H groups in total. The number of aromatic amines is 1. The number of carbonyl (C=O) groups excluding carboxylic acids is 1. The van der Waals surface area contributed by atoms with Gasteiger partial charge < -0.3 is 9.64 Å². The zero-order valence-corrected chi connectivity index (χ0v) is 17.6. The van der Waals surface area contributed by atoms with Crippen LogP contribution in [0.1, 0.15) is 35.8 Å². The van der Waals surface area contributed by atoms with Crippen molar-refractivity contribution in [2.75, 3.05) is 25.6 Å². The number of carbonyl (C=O) groups is 1. The van der Waals surface area contributed by atoms with Gasteiger partial charge in [-0.3, -0.25) is 9.89 Å². The zero-order chi connectivity index (χ0) is 21.3. The largest absolute Gasteiger partial charge is 0.494 e. The Morgan fingerprint density at radius 3 is 2.57 bits per heavy atom. The van der Waals surface area contributed by atoms with E-state index in [2.05, 4.69) is 27.6 Å². The third-order valence-corrected chi connectivity index (χ3v) is 4.53. The molecule has 0 radical (unpaired) electrons. The Kier molecular flexibility index (Phi) is 7.21. The van der Waals surface area contributed by atoms with Crippen LogP contribution in [-0.2, 0) is 0 Å². The molecule has 0 saturated carbocycles. The van der Waals surface area contributed by atoms with E-state index in [4.69, 9.17) is 4.74 Å². The molecule has 3 rings (SSSR count). The highest BCUT2D eigenvalue weighted by atomic mass is 16.5. The lowest BCUT2D eigenvalue weighted by atomic mass is 10.1. The molecule has 7 heteroatoms. The van der Waals surface area contributed by atoms with Gasteiger partial charge in [-0.1, -0.05) is 25.5 Å². The number of rotatable bonds is 9. The lowest BCUT2D eigenvalue weighted by Gasteiger charge is -2.11. The number of unbranched alkanes of at least 4 members (excludes halogenated alkanes) is 1. The van der Waals surface area contributed by atoms with E-state index >= 15 is 0 Å². The molecule has 30 heavy (non-hydrogen) atoms. The molecular weight excluding hydrogens is 378 g/mol. The van der Waals surface area contributed by atoms with Crippen molar-refractivity contribution in [2.45, 2.75) is 19.8 Å². The molecule has 1 aromatic heterocycles. The minimum absolute atomic E-state index is 0.341. The molecule has 7 nitrogen and oxygen atoms in total. The Labute approximate surface area is 176 Å². The molecule has 1 heterocycles. The number of H-pyrrole nitrogens is 1. The molecular formula is C23H27N5O2. The minimum Gasteiger partial charge on any atom is -0.494 e. The van der Waals surface area contributed by atoms with Crippen LogP contribution in [0.3, 0.4) is 0 Å². The summed E-state index contributed by atoms with van der Waals surface area (Å²) < 4.78 is 5.67. The van der Waals surface area contributed by atoms with E-state index in [0.717, 1.165) is 35.4 Å². The van der Waals surface area contributed by atoms with Crippen molar-refractivity contribution in [1.29, 1.82) is 0 Å². The summed E-state index contributed by atoms with van der Waals surface area (Å²) in [5.74, 6) is 0.475. The number of aromatic nitrogens is 2. The van der Waals surface area contributed by atoms with Crippen molar-refractivity contribution in [3.63, 3.8) is 0 Å². The smallest absolute Gasteiger partial charge is 0.289 e. The van der Waals surface area contributed by atoms with Crippen molar-refractivity contribution in [3.8, 4) is 17.0 Å². The topological polar surface area (TPSA) is 82.6 Å². The van der Waals surface area contributed by atoms with Crippen LogP contribution in [0.5, 0.6) is 5.75 Å². The SMILES string of the molecule is CCCCOc1ccc(-c2cc(C(=O)N/N=C\c3ccc(N(C)C)cc3)[nH]n2)cc1. The van der Waals surface area contributed by atoms with E-state index in [1.165, 1.54) is 0 Å². The monoisotopic (exact) mass is 405 g/mol. The van der Waals surface area contributed by atoms with Gasteiger partial charge in [-0.15, -0.1) is 0 Å². The van der Waals surface area contributed by atoms with E-state index in [1.807, 2.05) is 67.5 Å². The first kappa shape index (κ1) is 21.1. The third kappa shape index (κ3) is 5.70. The van der Waals surface area contributed by atoms with Crippen LogP contribution in [0.15, 0.2) is 59.7 Å². The first-order valence-corrected chi connectivity index (χ1v) is 9.96. The van der Waals surface area contributed by atoms with Crippen LogP contribution in [0.2, 0.25) is 0 Å². The summed E-state index contributed by atoms with van der Waals surface area (Å²) in [4.78, 5) is 14.3. The Morgan fingerprint density at radius 2 is 1.90 bits per heavy atom. The fourth-order valence-corrected chi connectivity index (χ4v) is 2.73. The average Bonchev–Trinajstić information content (AvgIpc) is 3.25. The lowest BCUT2D eigenvalue weighted by molar-refractivity contribution is 0.0950. The van der Waals surface area contributed by atoms with Crippen LogP contribution in [-0.4, -0.2) is 43.0 Å². The summed E-state index contributed by atoms with van der Waals surface area (Å²) in [5.41, 5.74) is 6.44. The predicted molar refractivity (Wildman–Crippen MR) is 120 cm³/mol. The maximum absolute atomic E-state index is 12.3. The first-order valence-electron chi connectivity index (χ1n) is 9.96. The fourth-order valence-electron chi connectivity index (χ4n) is 2.73. The first-order chi connectivity index (χ1) is 14.6. The number of hydrogen-bond donors (Lipinski definition) is 2. The highest BCUT2D eigenvalue weighted by molar-refractivity contribution is 5.94. The van der Waals surface area contributed by atoms with E-state index in [9.17, 15) is 4.79 Å². The third-order valence-electron chi connectivity index (χ3n) is 4.53. The molecule has 0 aliphatic carbocycles. The Hall–Kier alpha value is -3.61. The van der Waals surface area contributed by atoms with E-state index in [-0.39, 0.29) is 5.91 Å². The maximum Gasteiger partial charge on any atom is 0.289 e. The molecule has 1 amide bonds. The van der Waals surface area contributed by atoms with Crippen molar-refractivity contribution < 1.29 is 9.53 Å². The van der Waals surface area contributed by atoms with Gasteiger partial charge >= 0.3 is 0 Å². The number of nitrogens with one attached hydrogen (secondary N) is 2. The van der Waals surface area contributed by atoms with Gasteiger partial charge in [-0.25, -0.2) is 5.43 Å². The van der Waals surface area contributed by atoms with Crippen molar-refractivity contribution in [1.82, 2.24) is 15.6 Å². The highest BCUT2D eigenvalue weighted by Crippen LogP contribution is 2.21. The summed E-state index contributed by atoms with van der Waals surface area (Å²) in [5, 5.41) is 11.0. The molecule has 0 aliphatic rings. The van der Waals surface area contributed by atoms with Crippen LogP contribution < -0.4 is 15.1 Å². The van der Waals surface area contributed by atoms with Crippen LogP contribution >= 0.6 is 0 Å². The van der Waals surface area contributed by atoms with Gasteiger partial charge in [0.15, 0.2) is 0 Å². The summed E-state index contributed by atoms with van der Waals surface area (Å²) in [6.07, 6.45) is 3.73. The number of nitrogens with zero attached hydrogens (tertiary/aromatic N) is 3. The van der Waals surface area contributed by atoms with Gasteiger partial charge in [0.1, 0.15) is 11.4 Å². The number of anilines is 1. The second-order valence-corrected chi connectivity index (χ2v) is 7.08. The molecule has 0 atom stereocenters. The van der Waals surface area contributed by atoms with Crippen LogP contribution in [0.4, 0.5) is 5.69 Å². The Balaban J connectivity index is 1.56. The van der Waals surface area contributed by atoms with Gasteiger partial charge in [0.05, 0.1) is 18.5 Å². The summed E-state index contributed by atoms with van der Waals surface area (Å²) >= 11 is 0. The van der Waals surface area contributed by atoms with Gasteiger partial charge in [-0.2, -0.15) is 10.2 Å². The van der Waals surface area contributed by atoms with Crippen molar-refractivity contribution >= 4 is 17.8 Å². The van der Waals surface area contributed by atoms with Crippen molar-refractivity contribution in [3.05, 3.63) is 65.9 Å². The summed E-state index contributed by atoms with van der Waals surface area (Å²) in [6, 6.07) is 17.2. The van der Waals surface area contributed by atoms with Gasteiger partial charge in [0.2, 0.25) is 0 Å². The molecule has 156 valence electrons. The van der Waals surface area contributed by atoms with Crippen molar-refractivity contribution in [2.24, 2.45) is 5.10 Å². The van der Waals surface area contributed by atoms with Gasteiger partial charge in [0.25, 0.3) is 5.91 Å². The van der Waals surface area contributed by atoms with E-state index < -0.39 is 0 Å². The highest BCUT2D eigenvalue weighted by Gasteiger charge is 2.10. The Bertz CT molecular complexity index is 976. The normalized spacial score (nSPS) is 10.9. The standard InChI is InChI=1S/C23H27N5O2/c1-4-5-14-30-20-12-8-18(9-13-20)21-15-22(26-25-21)23(29)27-24-16-17-6-10-19(11-7-17)28(2)3/h6-13,15-16H,4-5,14H2,1-3H3,(H,25,26)(H,27,29)/b24-16-. The second kappa shape index (κ2) is 10.2. The number of ether oxygens (including phenoxy) is 1. The molecule has 0 saturated heterocycles. The molecule has 0 bridgehead atoms. The summed E-state index contributed by atoms with van der Waals surface area (Å²) in [7, 11) is 3.97. The number of amides is 1. The van der Waals surface area contributed by atoms with Gasteiger partial charge in [0, 0.05) is 25.3 Å². The maximum atomic E-state index is 12.3. The van der Waals surface area contributed by atoms with Gasteiger partial charge in [-0.05, 0) is 54.4 Å². The van der Waals surface area contributed by atoms with E-state index in [0.29, 0.717) is 18.0 Å². The number of benzene rings is 2. The molecule has 3 aromatic rings. The molecule has 0 aliphatic heterocycles. The summed E-state index contributed by atoms with van der Waals surface area (Å²) in [6.45, 7) is 2.84. The molecule has 0 spiro atoms. The number of hydrogen-bond acceptors (Lipinski definition) is 5. The number of hydrazone groups is 1. The Morgan fingerprint density at radius 1 is 1.17 bits per heavy atom. The lowest BCUT2D eigenvalue weighted by Crippen LogP contribution is -2.18.